The van der Waals surface area contributed by atoms with Crippen LogP contribution in [-0.4, -0.2) is 29.8 Å². The molecule has 3 heteroatoms. The molecule has 0 saturated heterocycles. The minimum Gasteiger partial charge on any atom is -0.304 e. The fourth-order valence-corrected chi connectivity index (χ4v) is 1.63. The van der Waals surface area contributed by atoms with Crippen LogP contribution in [0.5, 0.6) is 0 Å². The first-order valence-electron chi connectivity index (χ1n) is 5.61. The van der Waals surface area contributed by atoms with E-state index in [1.807, 2.05) is 0 Å². The van der Waals surface area contributed by atoms with Gasteiger partial charge >= 0.3 is 0 Å². The van der Waals surface area contributed by atoms with Crippen molar-refractivity contribution in [1.82, 2.24) is 4.90 Å². The predicted molar refractivity (Wildman–Crippen MR) is 61.7 cm³/mol. The maximum Gasteiger partial charge on any atom is 0.221 e. The number of hydrogen-bond donors (Lipinski definition) is 0. The van der Waals surface area contributed by atoms with Gasteiger partial charge in [0.25, 0.3) is 0 Å². The number of nitrogens with zero attached hydrogens (tertiary/aromatic N) is 1. The van der Waals surface area contributed by atoms with Crippen LogP contribution >= 0.6 is 11.6 Å². The Morgan fingerprint density at radius 3 is 2.14 bits per heavy atom. The molecule has 0 atom stereocenters. The summed E-state index contributed by atoms with van der Waals surface area (Å²) in [4.78, 5) is 12.9. The molecule has 0 spiro atoms. The van der Waals surface area contributed by atoms with Gasteiger partial charge in [-0.2, -0.15) is 0 Å². The molecule has 84 valence electrons. The molecule has 0 radical (unpaired) electrons. The van der Waals surface area contributed by atoms with Crippen molar-refractivity contribution in [3.8, 4) is 0 Å². The molecule has 0 aliphatic carbocycles. The third-order valence-corrected chi connectivity index (χ3v) is 2.68. The SMILES string of the molecule is CCN(CC)CCCCCCC(=O)Cl. The van der Waals surface area contributed by atoms with Crippen molar-refractivity contribution in [1.29, 1.82) is 0 Å². The molecule has 0 aromatic rings. The second kappa shape index (κ2) is 9.47. The zero-order valence-electron chi connectivity index (χ0n) is 9.39. The van der Waals surface area contributed by atoms with Gasteiger partial charge in [-0.05, 0) is 44.1 Å². The molecule has 14 heavy (non-hydrogen) atoms. The van der Waals surface area contributed by atoms with E-state index in [1.54, 1.807) is 0 Å². The van der Waals surface area contributed by atoms with Gasteiger partial charge in [0.05, 0.1) is 0 Å². The highest BCUT2D eigenvalue weighted by molar-refractivity contribution is 6.63. The average molecular weight is 220 g/mol. The van der Waals surface area contributed by atoms with Gasteiger partial charge in [-0.3, -0.25) is 4.79 Å². The Bertz CT molecular complexity index is 146. The van der Waals surface area contributed by atoms with E-state index in [9.17, 15) is 4.79 Å². The molecule has 2 nitrogen and oxygen atoms in total. The van der Waals surface area contributed by atoms with Crippen molar-refractivity contribution in [3.05, 3.63) is 0 Å². The molecular weight excluding hydrogens is 198 g/mol. The van der Waals surface area contributed by atoms with E-state index in [0.29, 0.717) is 6.42 Å². The minimum absolute atomic E-state index is 0.200. The highest BCUT2D eigenvalue weighted by atomic mass is 35.5. The zero-order valence-corrected chi connectivity index (χ0v) is 10.1. The van der Waals surface area contributed by atoms with E-state index in [4.69, 9.17) is 11.6 Å². The lowest BCUT2D eigenvalue weighted by atomic mass is 10.1. The Morgan fingerprint density at radius 2 is 1.64 bits per heavy atom. The number of unbranched alkanes of at least 4 members (excludes halogenated alkanes) is 3. The van der Waals surface area contributed by atoms with E-state index in [0.717, 1.165) is 25.9 Å². The van der Waals surface area contributed by atoms with Gasteiger partial charge in [0, 0.05) is 6.42 Å². The van der Waals surface area contributed by atoms with Crippen LogP contribution in [0.1, 0.15) is 46.0 Å². The molecule has 0 bridgehead atoms. The van der Waals surface area contributed by atoms with Gasteiger partial charge < -0.3 is 4.90 Å². The lowest BCUT2D eigenvalue weighted by molar-refractivity contribution is -0.111. The van der Waals surface area contributed by atoms with Gasteiger partial charge in [0.2, 0.25) is 5.24 Å². The Labute approximate surface area is 92.6 Å². The Kier molecular flexibility index (Phi) is 9.42. The van der Waals surface area contributed by atoms with Crippen LogP contribution in [0.4, 0.5) is 0 Å². The Balaban J connectivity index is 3.16. The van der Waals surface area contributed by atoms with Gasteiger partial charge in [0.1, 0.15) is 0 Å². The number of rotatable bonds is 9. The van der Waals surface area contributed by atoms with Gasteiger partial charge in [-0.15, -0.1) is 0 Å². The summed E-state index contributed by atoms with van der Waals surface area (Å²) < 4.78 is 0. The monoisotopic (exact) mass is 219 g/mol. The average Bonchev–Trinajstić information content (AvgIpc) is 2.16. The van der Waals surface area contributed by atoms with Crippen molar-refractivity contribution in [2.75, 3.05) is 19.6 Å². The minimum atomic E-state index is -0.200. The van der Waals surface area contributed by atoms with Crippen LogP contribution in [0.15, 0.2) is 0 Å². The maximum atomic E-state index is 10.4. The fraction of sp³-hybridized carbons (Fsp3) is 0.909. The van der Waals surface area contributed by atoms with Crippen molar-refractivity contribution in [2.45, 2.75) is 46.0 Å². The molecule has 0 rings (SSSR count). The topological polar surface area (TPSA) is 20.3 Å². The van der Waals surface area contributed by atoms with Crippen LogP contribution in [0.3, 0.4) is 0 Å². The number of carbonyl (C=O) groups is 1. The van der Waals surface area contributed by atoms with E-state index < -0.39 is 0 Å². The summed E-state index contributed by atoms with van der Waals surface area (Å²) >= 11 is 5.24. The molecule has 0 aliphatic heterocycles. The zero-order chi connectivity index (χ0) is 10.8. The summed E-state index contributed by atoms with van der Waals surface area (Å²) in [7, 11) is 0. The third-order valence-electron chi connectivity index (χ3n) is 2.49. The lowest BCUT2D eigenvalue weighted by Gasteiger charge is -2.17. The second-order valence-corrected chi connectivity index (χ2v) is 3.97. The van der Waals surface area contributed by atoms with E-state index in [-0.39, 0.29) is 5.24 Å². The Hall–Kier alpha value is -0.0800. The predicted octanol–water partition coefficient (Wildman–Crippen LogP) is 3.04. The van der Waals surface area contributed by atoms with Crippen LogP contribution in [0.25, 0.3) is 0 Å². The second-order valence-electron chi connectivity index (χ2n) is 3.55. The summed E-state index contributed by atoms with van der Waals surface area (Å²) in [5.41, 5.74) is 0. The van der Waals surface area contributed by atoms with Crippen molar-refractivity contribution >= 4 is 16.8 Å². The molecule has 0 N–H and O–H groups in total. The molecule has 0 unspecified atom stereocenters. The molecular formula is C11H22ClNO. The smallest absolute Gasteiger partial charge is 0.221 e. The first-order chi connectivity index (χ1) is 6.70. The van der Waals surface area contributed by atoms with Gasteiger partial charge in [-0.1, -0.05) is 26.7 Å². The largest absolute Gasteiger partial charge is 0.304 e. The van der Waals surface area contributed by atoms with Crippen LogP contribution < -0.4 is 0 Å². The van der Waals surface area contributed by atoms with Gasteiger partial charge in [0.15, 0.2) is 0 Å². The maximum absolute atomic E-state index is 10.4. The first kappa shape index (κ1) is 13.9. The van der Waals surface area contributed by atoms with Crippen molar-refractivity contribution in [2.24, 2.45) is 0 Å². The lowest BCUT2D eigenvalue weighted by Crippen LogP contribution is -2.23. The molecule has 0 aliphatic rings. The third kappa shape index (κ3) is 8.52. The molecule has 0 amide bonds. The molecule has 0 heterocycles. The summed E-state index contributed by atoms with van der Waals surface area (Å²) in [6.45, 7) is 7.83. The number of hydrogen-bond acceptors (Lipinski definition) is 2. The van der Waals surface area contributed by atoms with Crippen LogP contribution in [0, 0.1) is 0 Å². The first-order valence-corrected chi connectivity index (χ1v) is 5.99. The van der Waals surface area contributed by atoms with E-state index in [1.165, 1.54) is 19.4 Å². The number of carbonyl (C=O) groups excluding carboxylic acids is 1. The normalized spacial score (nSPS) is 10.9. The quantitative estimate of drug-likeness (QED) is 0.439. The molecule has 0 fully saturated rings. The summed E-state index contributed by atoms with van der Waals surface area (Å²) in [5.74, 6) is 0. The van der Waals surface area contributed by atoms with Crippen molar-refractivity contribution < 1.29 is 4.79 Å². The highest BCUT2D eigenvalue weighted by Crippen LogP contribution is 2.05. The summed E-state index contributed by atoms with van der Waals surface area (Å²) in [5, 5.41) is -0.200. The summed E-state index contributed by atoms with van der Waals surface area (Å²) in [6.07, 6.45) is 5.05. The van der Waals surface area contributed by atoms with Crippen LogP contribution in [0.2, 0.25) is 0 Å². The Morgan fingerprint density at radius 1 is 1.07 bits per heavy atom. The van der Waals surface area contributed by atoms with Gasteiger partial charge in [-0.25, -0.2) is 0 Å². The van der Waals surface area contributed by atoms with Crippen LogP contribution in [-0.2, 0) is 4.79 Å². The van der Waals surface area contributed by atoms with E-state index in [2.05, 4.69) is 18.7 Å². The molecule has 0 aromatic carbocycles. The number of halogens is 1. The highest BCUT2D eigenvalue weighted by Gasteiger charge is 1.99. The standard InChI is InChI=1S/C11H22ClNO/c1-3-13(4-2)10-8-6-5-7-9-11(12)14/h3-10H2,1-2H3. The summed E-state index contributed by atoms with van der Waals surface area (Å²) in [6, 6.07) is 0. The fourth-order valence-electron chi connectivity index (χ4n) is 1.49. The van der Waals surface area contributed by atoms with Crippen molar-refractivity contribution in [3.63, 3.8) is 0 Å². The molecule has 0 aromatic heterocycles. The van der Waals surface area contributed by atoms with E-state index >= 15 is 0 Å². The molecule has 0 saturated carbocycles.